The molecule has 0 aliphatic heterocycles. The van der Waals surface area contributed by atoms with E-state index in [0.717, 1.165) is 4.90 Å². The van der Waals surface area contributed by atoms with Gasteiger partial charge >= 0.3 is 5.97 Å². The lowest BCUT2D eigenvalue weighted by atomic mass is 10.3. The molecule has 4 nitrogen and oxygen atoms in total. The van der Waals surface area contributed by atoms with Crippen LogP contribution in [0.25, 0.3) is 0 Å². The molecular weight excluding hydrogens is 317 g/mol. The van der Waals surface area contributed by atoms with Crippen molar-refractivity contribution in [2.45, 2.75) is 17.1 Å². The maximum absolute atomic E-state index is 13.0. The average molecular weight is 333 g/mol. The zero-order chi connectivity index (χ0) is 16.7. The van der Waals surface area contributed by atoms with Gasteiger partial charge in [0.15, 0.2) is 6.61 Å². The summed E-state index contributed by atoms with van der Waals surface area (Å²) in [6.45, 7) is 1.31. The molecule has 0 spiro atoms. The van der Waals surface area contributed by atoms with Crippen molar-refractivity contribution in [2.24, 2.45) is 0 Å². The molecule has 0 aromatic heterocycles. The van der Waals surface area contributed by atoms with Crippen LogP contribution in [0.1, 0.15) is 6.92 Å². The number of anilines is 1. The number of nitrogens with one attached hydrogen (secondary N) is 1. The fourth-order valence-electron chi connectivity index (χ4n) is 1.77. The van der Waals surface area contributed by atoms with E-state index in [1.807, 2.05) is 30.3 Å². The molecule has 1 amide bonds. The van der Waals surface area contributed by atoms with Crippen molar-refractivity contribution in [1.82, 2.24) is 0 Å². The highest BCUT2D eigenvalue weighted by Crippen LogP contribution is 2.23. The molecule has 0 saturated carbocycles. The van der Waals surface area contributed by atoms with E-state index in [-0.39, 0.29) is 0 Å². The molecule has 0 unspecified atom stereocenters. The van der Waals surface area contributed by atoms with E-state index < -0.39 is 29.6 Å². The van der Waals surface area contributed by atoms with Gasteiger partial charge in [0.2, 0.25) is 0 Å². The summed E-state index contributed by atoms with van der Waals surface area (Å²) >= 11 is 1.35. The lowest BCUT2D eigenvalue weighted by Gasteiger charge is -2.11. The topological polar surface area (TPSA) is 55.4 Å². The Bertz CT molecular complexity index is 679. The third kappa shape index (κ3) is 5.75. The predicted octanol–water partition coefficient (Wildman–Crippen LogP) is 3.49. The smallest absolute Gasteiger partial charge is 0.319 e. The van der Waals surface area contributed by atoms with Crippen LogP contribution < -0.4 is 5.32 Å². The number of rotatable bonds is 6. The lowest BCUT2D eigenvalue weighted by Crippen LogP contribution is -2.24. The standard InChI is InChI=1S/C17H16FNO3S/c1-12(23-15-8-3-2-4-9-15)17(21)22-11-16(20)19-14-7-5-6-13(18)10-14/h2-10,12H,11H2,1H3,(H,19,20)/t12-/m1/s1. The van der Waals surface area contributed by atoms with Crippen LogP contribution in [0, 0.1) is 5.82 Å². The SMILES string of the molecule is C[C@@H](Sc1ccccc1)C(=O)OCC(=O)Nc1cccc(F)c1. The quantitative estimate of drug-likeness (QED) is 0.649. The third-order valence-corrected chi connectivity index (χ3v) is 3.93. The van der Waals surface area contributed by atoms with Crippen molar-refractivity contribution in [3.63, 3.8) is 0 Å². The second-order valence-electron chi connectivity index (χ2n) is 4.74. The normalized spacial score (nSPS) is 11.6. The Morgan fingerprint density at radius 2 is 1.91 bits per heavy atom. The van der Waals surface area contributed by atoms with Gasteiger partial charge in [-0.2, -0.15) is 0 Å². The first-order chi connectivity index (χ1) is 11.0. The Morgan fingerprint density at radius 3 is 2.61 bits per heavy atom. The summed E-state index contributed by atoms with van der Waals surface area (Å²) in [6, 6.07) is 14.9. The summed E-state index contributed by atoms with van der Waals surface area (Å²) in [5.41, 5.74) is 0.317. The molecule has 0 heterocycles. The highest BCUT2D eigenvalue weighted by Gasteiger charge is 2.17. The number of hydrogen-bond acceptors (Lipinski definition) is 4. The number of ether oxygens (including phenoxy) is 1. The van der Waals surface area contributed by atoms with Crippen molar-refractivity contribution in [2.75, 3.05) is 11.9 Å². The lowest BCUT2D eigenvalue weighted by molar-refractivity contribution is -0.146. The zero-order valence-electron chi connectivity index (χ0n) is 12.5. The number of halogens is 1. The van der Waals surface area contributed by atoms with Gasteiger partial charge in [-0.3, -0.25) is 9.59 Å². The summed E-state index contributed by atoms with van der Waals surface area (Å²) in [5.74, 6) is -1.44. The molecule has 6 heteroatoms. The zero-order valence-corrected chi connectivity index (χ0v) is 13.3. The summed E-state index contributed by atoms with van der Waals surface area (Å²) in [5, 5.41) is 2.03. The largest absolute Gasteiger partial charge is 0.455 e. The van der Waals surface area contributed by atoms with E-state index in [0.29, 0.717) is 5.69 Å². The Morgan fingerprint density at radius 1 is 1.17 bits per heavy atom. The number of thioether (sulfide) groups is 1. The van der Waals surface area contributed by atoms with E-state index in [1.54, 1.807) is 13.0 Å². The van der Waals surface area contributed by atoms with Gasteiger partial charge in [-0.1, -0.05) is 24.3 Å². The molecule has 120 valence electrons. The van der Waals surface area contributed by atoms with Crippen molar-refractivity contribution in [3.8, 4) is 0 Å². The van der Waals surface area contributed by atoms with Crippen molar-refractivity contribution < 1.29 is 18.7 Å². The molecule has 0 radical (unpaired) electrons. The molecule has 0 saturated heterocycles. The van der Waals surface area contributed by atoms with Gasteiger partial charge < -0.3 is 10.1 Å². The fourth-order valence-corrected chi connectivity index (χ4v) is 2.66. The van der Waals surface area contributed by atoms with Crippen molar-refractivity contribution >= 4 is 29.3 Å². The number of carbonyl (C=O) groups is 2. The molecule has 2 rings (SSSR count). The molecule has 0 aliphatic rings. The summed E-state index contributed by atoms with van der Waals surface area (Å²) in [4.78, 5) is 24.5. The van der Waals surface area contributed by atoms with Crippen LogP contribution in [0.5, 0.6) is 0 Å². The van der Waals surface area contributed by atoms with Gasteiger partial charge in [0, 0.05) is 10.6 Å². The number of esters is 1. The second-order valence-corrected chi connectivity index (χ2v) is 6.15. The van der Waals surface area contributed by atoms with Crippen LogP contribution in [0.4, 0.5) is 10.1 Å². The van der Waals surface area contributed by atoms with Gasteiger partial charge in [0.25, 0.3) is 5.91 Å². The number of benzene rings is 2. The summed E-state index contributed by atoms with van der Waals surface area (Å²) < 4.78 is 18.0. The van der Waals surface area contributed by atoms with Crippen LogP contribution in [-0.4, -0.2) is 23.7 Å². The number of carbonyl (C=O) groups excluding carboxylic acids is 2. The predicted molar refractivity (Wildman–Crippen MR) is 87.7 cm³/mol. The van der Waals surface area contributed by atoms with Gasteiger partial charge in [-0.05, 0) is 37.3 Å². The number of hydrogen-bond donors (Lipinski definition) is 1. The monoisotopic (exact) mass is 333 g/mol. The van der Waals surface area contributed by atoms with E-state index in [1.165, 1.54) is 30.0 Å². The summed E-state index contributed by atoms with van der Waals surface area (Å²) in [7, 11) is 0. The van der Waals surface area contributed by atoms with Crippen molar-refractivity contribution in [3.05, 3.63) is 60.4 Å². The van der Waals surface area contributed by atoms with Gasteiger partial charge in [-0.25, -0.2) is 4.39 Å². The second kappa shape index (κ2) is 8.33. The van der Waals surface area contributed by atoms with E-state index >= 15 is 0 Å². The first kappa shape index (κ1) is 17.0. The highest BCUT2D eigenvalue weighted by atomic mass is 32.2. The van der Waals surface area contributed by atoms with Gasteiger partial charge in [0.05, 0.1) is 0 Å². The highest BCUT2D eigenvalue weighted by molar-refractivity contribution is 8.00. The minimum absolute atomic E-state index is 0.317. The minimum atomic E-state index is -0.513. The maximum atomic E-state index is 13.0. The first-order valence-corrected chi connectivity index (χ1v) is 7.86. The first-order valence-electron chi connectivity index (χ1n) is 6.98. The van der Waals surface area contributed by atoms with Gasteiger partial charge in [0.1, 0.15) is 11.1 Å². The van der Waals surface area contributed by atoms with Crippen LogP contribution in [0.15, 0.2) is 59.5 Å². The van der Waals surface area contributed by atoms with E-state index in [9.17, 15) is 14.0 Å². The Balaban J connectivity index is 1.78. The van der Waals surface area contributed by atoms with Crippen molar-refractivity contribution in [1.29, 1.82) is 0 Å². The Kier molecular flexibility index (Phi) is 6.17. The van der Waals surface area contributed by atoms with Crippen LogP contribution in [-0.2, 0) is 14.3 Å². The minimum Gasteiger partial charge on any atom is -0.455 e. The fraction of sp³-hybridized carbons (Fsp3) is 0.176. The van der Waals surface area contributed by atoms with Crippen LogP contribution in [0.2, 0.25) is 0 Å². The maximum Gasteiger partial charge on any atom is 0.319 e. The molecule has 1 atom stereocenters. The van der Waals surface area contributed by atoms with Crippen LogP contribution in [0.3, 0.4) is 0 Å². The Labute approximate surface area is 138 Å². The number of amides is 1. The van der Waals surface area contributed by atoms with E-state index in [4.69, 9.17) is 4.74 Å². The molecule has 0 fully saturated rings. The molecular formula is C17H16FNO3S. The Hall–Kier alpha value is -2.34. The van der Waals surface area contributed by atoms with E-state index in [2.05, 4.69) is 5.32 Å². The average Bonchev–Trinajstić information content (AvgIpc) is 2.53. The summed E-state index contributed by atoms with van der Waals surface area (Å²) in [6.07, 6.45) is 0. The molecule has 1 N–H and O–H groups in total. The molecule has 2 aromatic rings. The molecule has 23 heavy (non-hydrogen) atoms. The van der Waals surface area contributed by atoms with Gasteiger partial charge in [-0.15, -0.1) is 11.8 Å². The third-order valence-electron chi connectivity index (χ3n) is 2.84. The van der Waals surface area contributed by atoms with Crippen LogP contribution >= 0.6 is 11.8 Å². The molecule has 0 bridgehead atoms. The molecule has 2 aromatic carbocycles. The molecule has 0 aliphatic carbocycles.